The SMILES string of the molecule is CC(=O)Nc1nc2c(s1)CCC(C(=O)O)C2. The average molecular weight is 240 g/mol. The van der Waals surface area contributed by atoms with Gasteiger partial charge in [-0.3, -0.25) is 9.59 Å². The molecule has 0 fully saturated rings. The van der Waals surface area contributed by atoms with Gasteiger partial charge in [0.15, 0.2) is 5.13 Å². The number of carbonyl (C=O) groups excluding carboxylic acids is 1. The number of nitrogens with zero attached hydrogens (tertiary/aromatic N) is 1. The minimum Gasteiger partial charge on any atom is -0.481 e. The van der Waals surface area contributed by atoms with E-state index in [-0.39, 0.29) is 11.8 Å². The zero-order valence-corrected chi connectivity index (χ0v) is 9.63. The van der Waals surface area contributed by atoms with E-state index >= 15 is 0 Å². The summed E-state index contributed by atoms with van der Waals surface area (Å²) >= 11 is 1.44. The lowest BCUT2D eigenvalue weighted by atomic mass is 9.91. The fraction of sp³-hybridized carbons (Fsp3) is 0.500. The van der Waals surface area contributed by atoms with Gasteiger partial charge in [0.2, 0.25) is 5.91 Å². The maximum absolute atomic E-state index is 10.9. The summed E-state index contributed by atoms with van der Waals surface area (Å²) in [5, 5.41) is 12.1. The van der Waals surface area contributed by atoms with E-state index in [0.29, 0.717) is 18.0 Å². The summed E-state index contributed by atoms with van der Waals surface area (Å²) < 4.78 is 0. The molecule has 0 saturated carbocycles. The Morgan fingerprint density at radius 3 is 2.94 bits per heavy atom. The van der Waals surface area contributed by atoms with Gasteiger partial charge >= 0.3 is 5.97 Å². The smallest absolute Gasteiger partial charge is 0.306 e. The Labute approximate surface area is 96.5 Å². The standard InChI is InChI=1S/C10H12N2O3S/c1-5(13)11-10-12-7-4-6(9(14)15)2-3-8(7)16-10/h6H,2-4H2,1H3,(H,14,15)(H,11,12,13). The van der Waals surface area contributed by atoms with Crippen LogP contribution in [-0.2, 0) is 22.4 Å². The summed E-state index contributed by atoms with van der Waals surface area (Å²) in [4.78, 5) is 27.1. The molecule has 6 heteroatoms. The molecule has 16 heavy (non-hydrogen) atoms. The number of fused-ring (bicyclic) bond motifs is 1. The lowest BCUT2D eigenvalue weighted by molar-refractivity contribution is -0.142. The quantitative estimate of drug-likeness (QED) is 0.816. The number of rotatable bonds is 2. The Morgan fingerprint density at radius 2 is 2.31 bits per heavy atom. The van der Waals surface area contributed by atoms with E-state index < -0.39 is 5.97 Å². The summed E-state index contributed by atoms with van der Waals surface area (Å²) in [5.74, 6) is -1.25. The predicted molar refractivity (Wildman–Crippen MR) is 59.6 cm³/mol. The monoisotopic (exact) mass is 240 g/mol. The van der Waals surface area contributed by atoms with Crippen molar-refractivity contribution in [3.8, 4) is 0 Å². The summed E-state index contributed by atoms with van der Waals surface area (Å²) in [6, 6.07) is 0. The van der Waals surface area contributed by atoms with E-state index in [1.54, 1.807) is 0 Å². The van der Waals surface area contributed by atoms with Crippen molar-refractivity contribution in [1.82, 2.24) is 4.98 Å². The van der Waals surface area contributed by atoms with Crippen molar-refractivity contribution < 1.29 is 14.7 Å². The minimum atomic E-state index is -0.764. The lowest BCUT2D eigenvalue weighted by Gasteiger charge is -2.16. The molecule has 1 heterocycles. The van der Waals surface area contributed by atoms with Crippen molar-refractivity contribution in [2.24, 2.45) is 5.92 Å². The number of carbonyl (C=O) groups is 2. The molecule has 2 N–H and O–H groups in total. The van der Waals surface area contributed by atoms with Crippen LogP contribution in [0.2, 0.25) is 0 Å². The topological polar surface area (TPSA) is 79.3 Å². The van der Waals surface area contributed by atoms with Gasteiger partial charge in [-0.2, -0.15) is 0 Å². The average Bonchev–Trinajstić information content (AvgIpc) is 2.56. The number of nitrogens with one attached hydrogen (secondary N) is 1. The van der Waals surface area contributed by atoms with Gasteiger partial charge in [-0.25, -0.2) is 4.98 Å². The molecule has 5 nitrogen and oxygen atoms in total. The van der Waals surface area contributed by atoms with Crippen LogP contribution in [0.1, 0.15) is 23.9 Å². The van der Waals surface area contributed by atoms with Crippen LogP contribution in [0.4, 0.5) is 5.13 Å². The molecule has 2 rings (SSSR count). The third-order valence-electron chi connectivity index (χ3n) is 2.57. The molecule has 0 bridgehead atoms. The second kappa shape index (κ2) is 4.21. The molecular weight excluding hydrogens is 228 g/mol. The number of carboxylic acids is 1. The zero-order valence-electron chi connectivity index (χ0n) is 8.82. The Bertz CT molecular complexity index is 441. The minimum absolute atomic E-state index is 0.152. The van der Waals surface area contributed by atoms with Gasteiger partial charge in [0.05, 0.1) is 11.6 Å². The van der Waals surface area contributed by atoms with Crippen molar-refractivity contribution in [2.75, 3.05) is 5.32 Å². The Balaban J connectivity index is 2.16. The third kappa shape index (κ3) is 2.21. The molecule has 86 valence electrons. The Morgan fingerprint density at radius 1 is 1.56 bits per heavy atom. The highest BCUT2D eigenvalue weighted by Crippen LogP contribution is 2.32. The summed E-state index contributed by atoms with van der Waals surface area (Å²) in [5.41, 5.74) is 0.826. The molecule has 0 aromatic carbocycles. The number of hydrogen-bond acceptors (Lipinski definition) is 4. The van der Waals surface area contributed by atoms with Crippen molar-refractivity contribution in [1.29, 1.82) is 0 Å². The summed E-state index contributed by atoms with van der Waals surface area (Å²) in [6.07, 6.45) is 1.87. The van der Waals surface area contributed by atoms with Crippen LogP contribution < -0.4 is 5.32 Å². The molecular formula is C10H12N2O3S. The van der Waals surface area contributed by atoms with Crippen LogP contribution in [0.5, 0.6) is 0 Å². The van der Waals surface area contributed by atoms with Crippen molar-refractivity contribution in [3.05, 3.63) is 10.6 Å². The van der Waals surface area contributed by atoms with Crippen molar-refractivity contribution in [3.63, 3.8) is 0 Å². The molecule has 1 amide bonds. The molecule has 0 saturated heterocycles. The molecule has 1 aliphatic rings. The van der Waals surface area contributed by atoms with Gasteiger partial charge in [-0.15, -0.1) is 11.3 Å². The van der Waals surface area contributed by atoms with E-state index in [2.05, 4.69) is 10.3 Å². The van der Waals surface area contributed by atoms with Crippen molar-refractivity contribution in [2.45, 2.75) is 26.2 Å². The molecule has 0 radical (unpaired) electrons. The molecule has 0 spiro atoms. The maximum Gasteiger partial charge on any atom is 0.306 e. The predicted octanol–water partition coefficient (Wildman–Crippen LogP) is 1.29. The molecule has 1 atom stereocenters. The number of carboxylic acid groups (broad SMARTS) is 1. The maximum atomic E-state index is 10.9. The number of hydrogen-bond donors (Lipinski definition) is 2. The highest BCUT2D eigenvalue weighted by Gasteiger charge is 2.27. The lowest BCUT2D eigenvalue weighted by Crippen LogP contribution is -2.21. The van der Waals surface area contributed by atoms with Gasteiger partial charge in [0.25, 0.3) is 0 Å². The number of aliphatic carboxylic acids is 1. The molecule has 1 aliphatic carbocycles. The van der Waals surface area contributed by atoms with E-state index in [9.17, 15) is 9.59 Å². The normalized spacial score (nSPS) is 18.9. The van der Waals surface area contributed by atoms with Crippen LogP contribution in [0, 0.1) is 5.92 Å². The fourth-order valence-electron chi connectivity index (χ4n) is 1.79. The second-order valence-corrected chi connectivity index (χ2v) is 4.93. The Hall–Kier alpha value is -1.43. The first-order valence-corrected chi connectivity index (χ1v) is 5.87. The highest BCUT2D eigenvalue weighted by molar-refractivity contribution is 7.15. The first kappa shape index (κ1) is 11.1. The number of amides is 1. The number of anilines is 1. The first-order valence-electron chi connectivity index (χ1n) is 5.05. The third-order valence-corrected chi connectivity index (χ3v) is 3.64. The van der Waals surface area contributed by atoms with E-state index in [0.717, 1.165) is 17.0 Å². The molecule has 0 aliphatic heterocycles. The van der Waals surface area contributed by atoms with Crippen LogP contribution >= 0.6 is 11.3 Å². The largest absolute Gasteiger partial charge is 0.481 e. The van der Waals surface area contributed by atoms with Gasteiger partial charge in [0, 0.05) is 18.2 Å². The van der Waals surface area contributed by atoms with Crippen LogP contribution in [0.15, 0.2) is 0 Å². The van der Waals surface area contributed by atoms with Crippen LogP contribution in [0.25, 0.3) is 0 Å². The number of aromatic nitrogens is 1. The number of thiazole rings is 1. The van der Waals surface area contributed by atoms with Crippen LogP contribution in [0.3, 0.4) is 0 Å². The molecule has 1 unspecified atom stereocenters. The fourth-order valence-corrected chi connectivity index (χ4v) is 2.84. The highest BCUT2D eigenvalue weighted by atomic mass is 32.1. The molecule has 1 aromatic heterocycles. The van der Waals surface area contributed by atoms with Crippen molar-refractivity contribution >= 4 is 28.3 Å². The Kier molecular flexibility index (Phi) is 2.91. The summed E-state index contributed by atoms with van der Waals surface area (Å²) in [7, 11) is 0. The van der Waals surface area contributed by atoms with Gasteiger partial charge in [-0.05, 0) is 12.8 Å². The molecule has 1 aromatic rings. The second-order valence-electron chi connectivity index (χ2n) is 3.85. The zero-order chi connectivity index (χ0) is 11.7. The summed E-state index contributed by atoms with van der Waals surface area (Å²) in [6.45, 7) is 1.43. The van der Waals surface area contributed by atoms with E-state index in [4.69, 9.17) is 5.11 Å². The van der Waals surface area contributed by atoms with E-state index in [1.807, 2.05) is 0 Å². The van der Waals surface area contributed by atoms with Gasteiger partial charge in [0.1, 0.15) is 0 Å². The first-order chi connectivity index (χ1) is 7.56. The van der Waals surface area contributed by atoms with Crippen LogP contribution in [-0.4, -0.2) is 22.0 Å². The number of aryl methyl sites for hydroxylation is 1. The van der Waals surface area contributed by atoms with Gasteiger partial charge < -0.3 is 10.4 Å². The van der Waals surface area contributed by atoms with E-state index in [1.165, 1.54) is 18.3 Å². The van der Waals surface area contributed by atoms with Gasteiger partial charge in [-0.1, -0.05) is 0 Å².